The van der Waals surface area contributed by atoms with E-state index in [9.17, 15) is 0 Å². The van der Waals surface area contributed by atoms with E-state index in [1.54, 1.807) is 22.3 Å². The Balaban J connectivity index is 2.44. The first-order valence-electron chi connectivity index (χ1n) is 6.24. The molecule has 16 heavy (non-hydrogen) atoms. The molecular weight excluding hydrogens is 192 g/mol. The van der Waals surface area contributed by atoms with Crippen LogP contribution in [0.2, 0.25) is 0 Å². The van der Waals surface area contributed by atoms with Crippen molar-refractivity contribution in [1.29, 1.82) is 0 Å². The van der Waals surface area contributed by atoms with Crippen molar-refractivity contribution in [2.45, 2.75) is 40.0 Å². The van der Waals surface area contributed by atoms with Crippen LogP contribution in [0, 0.1) is 0 Å². The third kappa shape index (κ3) is 1.84. The topological polar surface area (TPSA) is 0 Å². The van der Waals surface area contributed by atoms with Crippen molar-refractivity contribution in [2.24, 2.45) is 0 Å². The molecule has 0 aromatic heterocycles. The highest BCUT2D eigenvalue weighted by Crippen LogP contribution is 2.40. The van der Waals surface area contributed by atoms with Crippen LogP contribution in [0.4, 0.5) is 0 Å². The van der Waals surface area contributed by atoms with E-state index < -0.39 is 0 Å². The molecule has 0 fully saturated rings. The summed E-state index contributed by atoms with van der Waals surface area (Å²) in [7, 11) is 0. The van der Waals surface area contributed by atoms with Crippen LogP contribution in [0.1, 0.15) is 45.6 Å². The van der Waals surface area contributed by atoms with Gasteiger partial charge in [-0.1, -0.05) is 49.8 Å². The molecule has 0 heteroatoms. The first-order chi connectivity index (χ1) is 7.77. The average Bonchev–Trinajstić information content (AvgIpc) is 2.66. The molecule has 0 atom stereocenters. The van der Waals surface area contributed by atoms with Gasteiger partial charge in [0, 0.05) is 0 Å². The minimum atomic E-state index is 1.15. The molecular formula is C16H20. The highest BCUT2D eigenvalue weighted by atomic mass is 14.2. The molecule has 0 saturated carbocycles. The molecule has 1 aliphatic rings. The Morgan fingerprint density at radius 1 is 0.938 bits per heavy atom. The Kier molecular flexibility index (Phi) is 3.28. The first kappa shape index (κ1) is 11.2. The predicted octanol–water partition coefficient (Wildman–Crippen LogP) is 4.98. The summed E-state index contributed by atoms with van der Waals surface area (Å²) in [5.74, 6) is 0. The van der Waals surface area contributed by atoms with Crippen LogP contribution in [-0.2, 0) is 0 Å². The van der Waals surface area contributed by atoms with Gasteiger partial charge < -0.3 is 0 Å². The van der Waals surface area contributed by atoms with E-state index in [4.69, 9.17) is 0 Å². The molecule has 1 aromatic carbocycles. The highest BCUT2D eigenvalue weighted by molar-refractivity contribution is 5.78. The second kappa shape index (κ2) is 4.69. The fourth-order valence-corrected chi connectivity index (χ4v) is 2.78. The number of benzene rings is 1. The standard InChI is InChI=1S/C16H20/c1-4-14-12(3)11-16(15(14)5-2)13-9-7-6-8-10-13/h6-10H,4-5,11H2,1-3H3. The van der Waals surface area contributed by atoms with Gasteiger partial charge in [-0.05, 0) is 48.5 Å². The number of allylic oxidation sites excluding steroid dienone is 4. The van der Waals surface area contributed by atoms with Gasteiger partial charge in [0.05, 0.1) is 0 Å². The Morgan fingerprint density at radius 3 is 2.12 bits per heavy atom. The Bertz CT molecular complexity index is 432. The Labute approximate surface area is 98.7 Å². The van der Waals surface area contributed by atoms with Crippen molar-refractivity contribution in [3.8, 4) is 0 Å². The normalized spacial score (nSPS) is 16.2. The van der Waals surface area contributed by atoms with Crippen molar-refractivity contribution >= 4 is 5.57 Å². The number of hydrogen-bond donors (Lipinski definition) is 0. The molecule has 84 valence electrons. The molecule has 0 amide bonds. The fourth-order valence-electron chi connectivity index (χ4n) is 2.78. The van der Waals surface area contributed by atoms with Crippen molar-refractivity contribution < 1.29 is 0 Å². The quantitative estimate of drug-likeness (QED) is 0.662. The van der Waals surface area contributed by atoms with Gasteiger partial charge >= 0.3 is 0 Å². The summed E-state index contributed by atoms with van der Waals surface area (Å²) >= 11 is 0. The monoisotopic (exact) mass is 212 g/mol. The van der Waals surface area contributed by atoms with E-state index in [2.05, 4.69) is 51.1 Å². The zero-order chi connectivity index (χ0) is 11.5. The van der Waals surface area contributed by atoms with Crippen molar-refractivity contribution in [3.05, 3.63) is 52.6 Å². The van der Waals surface area contributed by atoms with Crippen LogP contribution >= 0.6 is 0 Å². The lowest BCUT2D eigenvalue weighted by Crippen LogP contribution is -1.88. The van der Waals surface area contributed by atoms with E-state index in [-0.39, 0.29) is 0 Å². The minimum absolute atomic E-state index is 1.15. The number of hydrogen-bond acceptors (Lipinski definition) is 0. The van der Waals surface area contributed by atoms with Gasteiger partial charge in [0.2, 0.25) is 0 Å². The molecule has 2 rings (SSSR count). The maximum atomic E-state index is 2.28. The van der Waals surface area contributed by atoms with E-state index >= 15 is 0 Å². The minimum Gasteiger partial charge on any atom is -0.0654 e. The molecule has 0 radical (unpaired) electrons. The largest absolute Gasteiger partial charge is 0.0654 e. The SMILES string of the molecule is CCC1=C(C)CC(c2ccccc2)=C1CC. The molecule has 0 nitrogen and oxygen atoms in total. The summed E-state index contributed by atoms with van der Waals surface area (Å²) in [6, 6.07) is 10.8. The summed E-state index contributed by atoms with van der Waals surface area (Å²) in [5, 5.41) is 0. The van der Waals surface area contributed by atoms with Gasteiger partial charge in [0.15, 0.2) is 0 Å². The smallest absolute Gasteiger partial charge is 0.00552 e. The van der Waals surface area contributed by atoms with Crippen LogP contribution in [-0.4, -0.2) is 0 Å². The Morgan fingerprint density at radius 2 is 1.56 bits per heavy atom. The average molecular weight is 212 g/mol. The molecule has 1 aliphatic carbocycles. The van der Waals surface area contributed by atoms with Gasteiger partial charge in [-0.15, -0.1) is 0 Å². The van der Waals surface area contributed by atoms with Crippen LogP contribution in [0.25, 0.3) is 5.57 Å². The fraction of sp³-hybridized carbons (Fsp3) is 0.375. The highest BCUT2D eigenvalue weighted by Gasteiger charge is 2.19. The van der Waals surface area contributed by atoms with Gasteiger partial charge in [0.1, 0.15) is 0 Å². The maximum Gasteiger partial charge on any atom is -0.00552 e. The van der Waals surface area contributed by atoms with Crippen LogP contribution in [0.5, 0.6) is 0 Å². The van der Waals surface area contributed by atoms with E-state index in [0.717, 1.165) is 12.8 Å². The molecule has 0 heterocycles. The molecule has 0 N–H and O–H groups in total. The van der Waals surface area contributed by atoms with E-state index in [0.29, 0.717) is 0 Å². The van der Waals surface area contributed by atoms with Crippen LogP contribution < -0.4 is 0 Å². The third-order valence-corrected chi connectivity index (χ3v) is 3.52. The van der Waals surface area contributed by atoms with Gasteiger partial charge in [-0.2, -0.15) is 0 Å². The molecule has 0 saturated heterocycles. The van der Waals surface area contributed by atoms with Gasteiger partial charge in [-0.3, -0.25) is 0 Å². The molecule has 0 aliphatic heterocycles. The third-order valence-electron chi connectivity index (χ3n) is 3.52. The summed E-state index contributed by atoms with van der Waals surface area (Å²) in [5.41, 5.74) is 7.71. The van der Waals surface area contributed by atoms with Gasteiger partial charge in [-0.25, -0.2) is 0 Å². The summed E-state index contributed by atoms with van der Waals surface area (Å²) in [6.07, 6.45) is 3.48. The van der Waals surface area contributed by atoms with E-state index in [1.165, 1.54) is 12.0 Å². The second-order valence-electron chi connectivity index (χ2n) is 4.47. The molecule has 0 bridgehead atoms. The second-order valence-corrected chi connectivity index (χ2v) is 4.47. The maximum absolute atomic E-state index is 2.28. The zero-order valence-corrected chi connectivity index (χ0v) is 10.5. The molecule has 1 aromatic rings. The van der Waals surface area contributed by atoms with Crippen molar-refractivity contribution in [3.63, 3.8) is 0 Å². The van der Waals surface area contributed by atoms with Gasteiger partial charge in [0.25, 0.3) is 0 Å². The lowest BCUT2D eigenvalue weighted by atomic mass is 9.97. The number of rotatable bonds is 3. The zero-order valence-electron chi connectivity index (χ0n) is 10.5. The Hall–Kier alpha value is -1.30. The summed E-state index contributed by atoms with van der Waals surface area (Å²) in [4.78, 5) is 0. The first-order valence-corrected chi connectivity index (χ1v) is 6.24. The van der Waals surface area contributed by atoms with Crippen molar-refractivity contribution in [1.82, 2.24) is 0 Å². The molecule has 0 unspecified atom stereocenters. The summed E-state index contributed by atoms with van der Waals surface area (Å²) < 4.78 is 0. The van der Waals surface area contributed by atoms with E-state index in [1.807, 2.05) is 0 Å². The van der Waals surface area contributed by atoms with Crippen LogP contribution in [0.15, 0.2) is 47.1 Å². The lowest BCUT2D eigenvalue weighted by molar-refractivity contribution is 1.02. The lowest BCUT2D eigenvalue weighted by Gasteiger charge is -2.08. The summed E-state index contributed by atoms with van der Waals surface area (Å²) in [6.45, 7) is 6.82. The van der Waals surface area contributed by atoms with Crippen molar-refractivity contribution in [2.75, 3.05) is 0 Å². The predicted molar refractivity (Wildman–Crippen MR) is 71.3 cm³/mol. The molecule has 0 spiro atoms. The van der Waals surface area contributed by atoms with Crippen LogP contribution in [0.3, 0.4) is 0 Å².